The molecule has 5 nitrogen and oxygen atoms in total. The Labute approximate surface area is 98.4 Å². The van der Waals surface area contributed by atoms with Crippen LogP contribution in [0.4, 0.5) is 0 Å². The van der Waals surface area contributed by atoms with Gasteiger partial charge in [0.25, 0.3) is 0 Å². The Morgan fingerprint density at radius 2 is 2.12 bits per heavy atom. The number of hydrogen-bond acceptors (Lipinski definition) is 4. The van der Waals surface area contributed by atoms with Crippen LogP contribution in [0.15, 0.2) is 6.07 Å². The first kappa shape index (κ1) is 12.9. The van der Waals surface area contributed by atoms with E-state index >= 15 is 0 Å². The van der Waals surface area contributed by atoms with Crippen LogP contribution in [0.2, 0.25) is 5.15 Å². The molecule has 88 valence electrons. The van der Waals surface area contributed by atoms with Crippen molar-refractivity contribution in [3.63, 3.8) is 0 Å². The van der Waals surface area contributed by atoms with E-state index in [0.29, 0.717) is 5.82 Å². The third-order valence-corrected chi connectivity index (χ3v) is 2.24. The summed E-state index contributed by atoms with van der Waals surface area (Å²) in [4.78, 5) is 18.7. The van der Waals surface area contributed by atoms with Crippen LogP contribution < -0.4 is 0 Å². The van der Waals surface area contributed by atoms with Gasteiger partial charge in [-0.15, -0.1) is 0 Å². The number of carboxylic acids is 1. The molecule has 0 bridgehead atoms. The van der Waals surface area contributed by atoms with E-state index in [2.05, 4.69) is 9.97 Å². The summed E-state index contributed by atoms with van der Waals surface area (Å²) >= 11 is 5.73. The number of carbonyl (C=O) groups is 1. The molecule has 0 aromatic carbocycles. The van der Waals surface area contributed by atoms with Gasteiger partial charge >= 0.3 is 5.97 Å². The van der Waals surface area contributed by atoms with E-state index in [0.717, 1.165) is 0 Å². The smallest absolute Gasteiger partial charge is 0.354 e. The molecule has 1 atom stereocenters. The monoisotopic (exact) mass is 244 g/mol. The van der Waals surface area contributed by atoms with Crippen LogP contribution >= 0.6 is 11.6 Å². The molecule has 1 rings (SSSR count). The van der Waals surface area contributed by atoms with Crippen LogP contribution in [-0.4, -0.2) is 28.2 Å². The van der Waals surface area contributed by atoms with Crippen LogP contribution in [0.1, 0.15) is 36.3 Å². The van der Waals surface area contributed by atoms with Crippen molar-refractivity contribution in [1.29, 1.82) is 0 Å². The van der Waals surface area contributed by atoms with Crippen LogP contribution in [0, 0.1) is 5.92 Å². The minimum atomic E-state index is -1.14. The summed E-state index contributed by atoms with van der Waals surface area (Å²) in [5.74, 6) is -0.711. The molecule has 0 aliphatic heterocycles. The average Bonchev–Trinajstić information content (AvgIpc) is 2.17. The highest BCUT2D eigenvalue weighted by molar-refractivity contribution is 6.29. The maximum atomic E-state index is 10.8. The van der Waals surface area contributed by atoms with Crippen molar-refractivity contribution in [2.24, 2.45) is 5.92 Å². The molecule has 1 aromatic heterocycles. The van der Waals surface area contributed by atoms with E-state index in [-0.39, 0.29) is 22.9 Å². The van der Waals surface area contributed by atoms with Gasteiger partial charge in [0.1, 0.15) is 11.3 Å². The summed E-state index contributed by atoms with van der Waals surface area (Å²) < 4.78 is 5.21. The highest BCUT2D eigenvalue weighted by atomic mass is 35.5. The van der Waals surface area contributed by atoms with Gasteiger partial charge in [-0.3, -0.25) is 0 Å². The van der Waals surface area contributed by atoms with Crippen LogP contribution in [0.3, 0.4) is 0 Å². The third kappa shape index (κ3) is 2.90. The summed E-state index contributed by atoms with van der Waals surface area (Å²) in [6.45, 7) is 3.86. The van der Waals surface area contributed by atoms with Crippen LogP contribution in [0.25, 0.3) is 0 Å². The predicted molar refractivity (Wildman–Crippen MR) is 58.6 cm³/mol. The molecule has 0 aliphatic rings. The van der Waals surface area contributed by atoms with Crippen molar-refractivity contribution < 1.29 is 14.6 Å². The molecule has 1 aromatic rings. The Kier molecular flexibility index (Phi) is 4.20. The maximum absolute atomic E-state index is 10.8. The van der Waals surface area contributed by atoms with Gasteiger partial charge in [-0.05, 0) is 5.92 Å². The fraction of sp³-hybridized carbons (Fsp3) is 0.500. The zero-order chi connectivity index (χ0) is 12.3. The zero-order valence-corrected chi connectivity index (χ0v) is 10.0. The second kappa shape index (κ2) is 5.23. The molecule has 0 saturated heterocycles. The largest absolute Gasteiger partial charge is 0.477 e. The van der Waals surface area contributed by atoms with Crippen LogP contribution in [0.5, 0.6) is 0 Å². The summed E-state index contributed by atoms with van der Waals surface area (Å²) in [6, 6.07) is 1.21. The van der Waals surface area contributed by atoms with Crippen molar-refractivity contribution >= 4 is 17.6 Å². The average molecular weight is 245 g/mol. The van der Waals surface area contributed by atoms with E-state index in [9.17, 15) is 4.79 Å². The molecule has 0 spiro atoms. The van der Waals surface area contributed by atoms with Gasteiger partial charge in [0.15, 0.2) is 11.5 Å². The first-order valence-corrected chi connectivity index (χ1v) is 5.14. The van der Waals surface area contributed by atoms with Crippen molar-refractivity contribution in [2.45, 2.75) is 20.0 Å². The third-order valence-electron chi connectivity index (χ3n) is 2.05. The number of hydrogen-bond donors (Lipinski definition) is 1. The molecule has 1 unspecified atom stereocenters. The molecule has 0 aliphatic carbocycles. The van der Waals surface area contributed by atoms with Crippen molar-refractivity contribution in [3.8, 4) is 0 Å². The summed E-state index contributed by atoms with van der Waals surface area (Å²) in [7, 11) is 1.52. The second-order valence-electron chi connectivity index (χ2n) is 3.64. The lowest BCUT2D eigenvalue weighted by atomic mass is 10.1. The van der Waals surface area contributed by atoms with Gasteiger partial charge in [-0.1, -0.05) is 25.4 Å². The number of ether oxygens (including phenoxy) is 1. The highest BCUT2D eigenvalue weighted by Crippen LogP contribution is 2.23. The number of rotatable bonds is 4. The minimum absolute atomic E-state index is 0.102. The Bertz CT molecular complexity index is 396. The molecule has 0 radical (unpaired) electrons. The number of halogens is 1. The van der Waals surface area contributed by atoms with Crippen molar-refractivity contribution in [1.82, 2.24) is 9.97 Å². The van der Waals surface area contributed by atoms with E-state index in [1.165, 1.54) is 13.2 Å². The van der Waals surface area contributed by atoms with Gasteiger partial charge < -0.3 is 9.84 Å². The van der Waals surface area contributed by atoms with Gasteiger partial charge in [-0.25, -0.2) is 14.8 Å². The van der Waals surface area contributed by atoms with Crippen LogP contribution in [-0.2, 0) is 4.74 Å². The normalized spacial score (nSPS) is 12.8. The summed E-state index contributed by atoms with van der Waals surface area (Å²) in [6.07, 6.45) is -0.364. The quantitative estimate of drug-likeness (QED) is 0.822. The first-order valence-electron chi connectivity index (χ1n) is 4.76. The SMILES string of the molecule is COC(c1nc(Cl)cc(C(=O)O)n1)C(C)C. The lowest BCUT2D eigenvalue weighted by Gasteiger charge is -2.17. The molecule has 1 heterocycles. The fourth-order valence-electron chi connectivity index (χ4n) is 1.35. The molecule has 16 heavy (non-hydrogen) atoms. The second-order valence-corrected chi connectivity index (χ2v) is 4.03. The Morgan fingerprint density at radius 1 is 1.50 bits per heavy atom. The topological polar surface area (TPSA) is 72.3 Å². The molecule has 0 fully saturated rings. The van der Waals surface area contributed by atoms with E-state index in [4.69, 9.17) is 21.4 Å². The standard InChI is InChI=1S/C10H13ClN2O3/c1-5(2)8(16-3)9-12-6(10(14)15)4-7(11)13-9/h4-5,8H,1-3H3,(H,14,15). The lowest BCUT2D eigenvalue weighted by molar-refractivity contribution is 0.0562. The molecule has 1 N–H and O–H groups in total. The fourth-order valence-corrected chi connectivity index (χ4v) is 1.54. The molecular weight excluding hydrogens is 232 g/mol. The summed E-state index contributed by atoms with van der Waals surface area (Å²) in [5.41, 5.74) is -0.127. The van der Waals surface area contributed by atoms with Crippen molar-refractivity contribution in [2.75, 3.05) is 7.11 Å². The Balaban J connectivity index is 3.17. The van der Waals surface area contributed by atoms with Gasteiger partial charge in [0, 0.05) is 13.2 Å². The number of nitrogens with zero attached hydrogens (tertiary/aromatic N) is 2. The number of aromatic nitrogens is 2. The Hall–Kier alpha value is -1.20. The minimum Gasteiger partial charge on any atom is -0.477 e. The summed E-state index contributed by atoms with van der Waals surface area (Å²) in [5, 5.41) is 8.94. The van der Waals surface area contributed by atoms with E-state index in [1.807, 2.05) is 13.8 Å². The molecule has 0 saturated carbocycles. The predicted octanol–water partition coefficient (Wildman–Crippen LogP) is 2.17. The van der Waals surface area contributed by atoms with Gasteiger partial charge in [0.05, 0.1) is 0 Å². The zero-order valence-electron chi connectivity index (χ0n) is 9.27. The Morgan fingerprint density at radius 3 is 2.56 bits per heavy atom. The number of carboxylic acid groups (broad SMARTS) is 1. The molecule has 0 amide bonds. The van der Waals surface area contributed by atoms with E-state index < -0.39 is 5.97 Å². The van der Waals surface area contributed by atoms with E-state index in [1.54, 1.807) is 0 Å². The molecule has 6 heteroatoms. The highest BCUT2D eigenvalue weighted by Gasteiger charge is 2.20. The maximum Gasteiger partial charge on any atom is 0.354 e. The first-order chi connectivity index (χ1) is 7.45. The molecular formula is C10H13ClN2O3. The number of aromatic carboxylic acids is 1. The number of methoxy groups -OCH3 is 1. The van der Waals surface area contributed by atoms with Gasteiger partial charge in [-0.2, -0.15) is 0 Å². The van der Waals surface area contributed by atoms with Gasteiger partial charge in [0.2, 0.25) is 0 Å². The van der Waals surface area contributed by atoms with Crippen molar-refractivity contribution in [3.05, 3.63) is 22.7 Å². The lowest BCUT2D eigenvalue weighted by Crippen LogP contribution is -2.15.